The normalized spacial score (nSPS) is 23.7. The number of hydrogen-bond acceptors (Lipinski definition) is 4. The molecule has 1 heterocycles. The molecule has 0 radical (unpaired) electrons. The molecule has 2 N–H and O–H groups in total. The highest BCUT2D eigenvalue weighted by Gasteiger charge is 2.22. The summed E-state index contributed by atoms with van der Waals surface area (Å²) in [5.41, 5.74) is 0. The Morgan fingerprint density at radius 2 is 2.12 bits per heavy atom. The fourth-order valence-corrected chi connectivity index (χ4v) is 2.75. The van der Waals surface area contributed by atoms with E-state index in [0.29, 0.717) is 6.04 Å². The van der Waals surface area contributed by atoms with Gasteiger partial charge in [-0.25, -0.2) is 9.97 Å². The minimum Gasteiger partial charge on any atom is -0.369 e. The van der Waals surface area contributed by atoms with Crippen molar-refractivity contribution < 1.29 is 0 Å². The van der Waals surface area contributed by atoms with Crippen molar-refractivity contribution in [2.24, 2.45) is 5.92 Å². The van der Waals surface area contributed by atoms with Crippen molar-refractivity contribution in [1.82, 2.24) is 9.97 Å². The Morgan fingerprint density at radius 3 is 2.76 bits per heavy atom. The Labute approximate surface area is 111 Å². The molecule has 94 valence electrons. The van der Waals surface area contributed by atoms with Gasteiger partial charge in [-0.3, -0.25) is 0 Å². The van der Waals surface area contributed by atoms with Crippen molar-refractivity contribution in [2.45, 2.75) is 39.2 Å². The van der Waals surface area contributed by atoms with E-state index in [1.807, 2.05) is 0 Å². The summed E-state index contributed by atoms with van der Waals surface area (Å²) < 4.78 is 0.932. The fourth-order valence-electron chi connectivity index (χ4n) is 2.29. The van der Waals surface area contributed by atoms with E-state index < -0.39 is 0 Å². The number of rotatable bonds is 4. The molecule has 4 nitrogen and oxygen atoms in total. The Morgan fingerprint density at radius 1 is 1.35 bits per heavy atom. The summed E-state index contributed by atoms with van der Waals surface area (Å²) in [5.74, 6) is 2.58. The monoisotopic (exact) mass is 298 g/mol. The summed E-state index contributed by atoms with van der Waals surface area (Å²) in [6.45, 7) is 5.22. The second-order valence-corrected chi connectivity index (χ2v) is 5.47. The van der Waals surface area contributed by atoms with Crippen LogP contribution in [0.1, 0.15) is 33.1 Å². The van der Waals surface area contributed by atoms with Crippen molar-refractivity contribution in [1.29, 1.82) is 0 Å². The maximum Gasteiger partial charge on any atom is 0.146 e. The molecule has 1 fully saturated rings. The van der Waals surface area contributed by atoms with E-state index in [0.717, 1.165) is 28.6 Å². The van der Waals surface area contributed by atoms with Crippen LogP contribution in [0, 0.1) is 5.92 Å². The molecular weight excluding hydrogens is 280 g/mol. The van der Waals surface area contributed by atoms with E-state index in [4.69, 9.17) is 0 Å². The van der Waals surface area contributed by atoms with Crippen LogP contribution in [0.15, 0.2) is 10.8 Å². The highest BCUT2D eigenvalue weighted by molar-refractivity contribution is 9.10. The van der Waals surface area contributed by atoms with Gasteiger partial charge in [-0.1, -0.05) is 6.92 Å². The average molecular weight is 299 g/mol. The first-order valence-electron chi connectivity index (χ1n) is 6.21. The summed E-state index contributed by atoms with van der Waals surface area (Å²) in [5, 5.41) is 6.71. The zero-order valence-electron chi connectivity index (χ0n) is 10.3. The van der Waals surface area contributed by atoms with Crippen molar-refractivity contribution in [3.05, 3.63) is 10.8 Å². The van der Waals surface area contributed by atoms with Gasteiger partial charge in [0.05, 0.1) is 0 Å². The maximum absolute atomic E-state index is 4.30. The van der Waals surface area contributed by atoms with Crippen molar-refractivity contribution in [2.75, 3.05) is 17.2 Å². The summed E-state index contributed by atoms with van der Waals surface area (Å²) in [4.78, 5) is 8.51. The van der Waals surface area contributed by atoms with E-state index in [9.17, 15) is 0 Å². The zero-order valence-corrected chi connectivity index (χ0v) is 11.9. The van der Waals surface area contributed by atoms with Gasteiger partial charge < -0.3 is 10.6 Å². The lowest BCUT2D eigenvalue weighted by Crippen LogP contribution is -2.17. The van der Waals surface area contributed by atoms with Gasteiger partial charge in [0.15, 0.2) is 0 Å². The molecule has 0 amide bonds. The van der Waals surface area contributed by atoms with Gasteiger partial charge in [0.2, 0.25) is 0 Å². The number of halogens is 1. The fraction of sp³-hybridized carbons (Fsp3) is 0.667. The first kappa shape index (κ1) is 12.6. The molecule has 0 spiro atoms. The first-order valence-corrected chi connectivity index (χ1v) is 7.01. The molecule has 1 aromatic heterocycles. The number of hydrogen-bond donors (Lipinski definition) is 2. The Kier molecular flexibility index (Phi) is 4.20. The summed E-state index contributed by atoms with van der Waals surface area (Å²) >= 11 is 3.55. The third-order valence-electron chi connectivity index (χ3n) is 3.17. The van der Waals surface area contributed by atoms with Gasteiger partial charge in [0.25, 0.3) is 0 Å². The zero-order chi connectivity index (χ0) is 12.3. The molecule has 0 aromatic carbocycles. The van der Waals surface area contributed by atoms with Crippen LogP contribution in [0.5, 0.6) is 0 Å². The van der Waals surface area contributed by atoms with Crippen LogP contribution in [-0.2, 0) is 0 Å². The van der Waals surface area contributed by atoms with Gasteiger partial charge >= 0.3 is 0 Å². The molecule has 17 heavy (non-hydrogen) atoms. The second kappa shape index (κ2) is 5.67. The Hall–Kier alpha value is -0.840. The molecule has 0 aliphatic heterocycles. The quantitative estimate of drug-likeness (QED) is 0.896. The molecule has 2 unspecified atom stereocenters. The summed E-state index contributed by atoms with van der Waals surface area (Å²) in [6, 6.07) is 0.547. The molecule has 1 aromatic rings. The van der Waals surface area contributed by atoms with Crippen LogP contribution >= 0.6 is 15.9 Å². The maximum atomic E-state index is 4.30. The molecule has 2 rings (SSSR count). The van der Waals surface area contributed by atoms with Crippen LogP contribution < -0.4 is 10.6 Å². The lowest BCUT2D eigenvalue weighted by atomic mass is 10.1. The lowest BCUT2D eigenvalue weighted by Gasteiger charge is -2.15. The minimum atomic E-state index is 0.547. The molecular formula is C12H19BrN4. The highest BCUT2D eigenvalue weighted by atomic mass is 79.9. The lowest BCUT2D eigenvalue weighted by molar-refractivity contribution is 0.602. The largest absolute Gasteiger partial charge is 0.369 e. The van der Waals surface area contributed by atoms with Crippen LogP contribution in [-0.4, -0.2) is 22.6 Å². The number of nitrogens with zero attached hydrogens (tertiary/aromatic N) is 2. The van der Waals surface area contributed by atoms with E-state index in [1.165, 1.54) is 19.3 Å². The minimum absolute atomic E-state index is 0.547. The van der Waals surface area contributed by atoms with Gasteiger partial charge in [-0.2, -0.15) is 0 Å². The smallest absolute Gasteiger partial charge is 0.146 e. The van der Waals surface area contributed by atoms with Gasteiger partial charge in [0.1, 0.15) is 22.4 Å². The number of aromatic nitrogens is 2. The molecule has 0 bridgehead atoms. The van der Waals surface area contributed by atoms with Crippen LogP contribution in [0.2, 0.25) is 0 Å². The van der Waals surface area contributed by atoms with Crippen LogP contribution in [0.3, 0.4) is 0 Å². The van der Waals surface area contributed by atoms with E-state index >= 15 is 0 Å². The van der Waals surface area contributed by atoms with E-state index in [2.05, 4.69) is 50.4 Å². The SMILES string of the molecule is CCNc1ncnc(NC2CCC(C)C2)c1Br. The molecule has 1 saturated carbocycles. The predicted molar refractivity (Wildman–Crippen MR) is 74.3 cm³/mol. The van der Waals surface area contributed by atoms with Gasteiger partial charge in [-0.15, -0.1) is 0 Å². The predicted octanol–water partition coefficient (Wildman–Crippen LogP) is 3.27. The van der Waals surface area contributed by atoms with E-state index in [-0.39, 0.29) is 0 Å². The number of anilines is 2. The molecule has 0 saturated heterocycles. The molecule has 5 heteroatoms. The van der Waals surface area contributed by atoms with Crippen molar-refractivity contribution in [3.8, 4) is 0 Å². The first-order chi connectivity index (χ1) is 8.20. The van der Waals surface area contributed by atoms with Crippen LogP contribution in [0.4, 0.5) is 11.6 Å². The third-order valence-corrected chi connectivity index (χ3v) is 3.92. The summed E-state index contributed by atoms with van der Waals surface area (Å²) in [6.07, 6.45) is 5.37. The third kappa shape index (κ3) is 3.09. The highest BCUT2D eigenvalue weighted by Crippen LogP contribution is 2.31. The van der Waals surface area contributed by atoms with Gasteiger partial charge in [-0.05, 0) is 48.0 Å². The molecule has 2 atom stereocenters. The topological polar surface area (TPSA) is 49.8 Å². The van der Waals surface area contributed by atoms with Crippen molar-refractivity contribution in [3.63, 3.8) is 0 Å². The molecule has 1 aliphatic rings. The van der Waals surface area contributed by atoms with Crippen LogP contribution in [0.25, 0.3) is 0 Å². The Balaban J connectivity index is 2.07. The van der Waals surface area contributed by atoms with E-state index in [1.54, 1.807) is 6.33 Å². The Bertz CT molecular complexity index is 383. The molecule has 1 aliphatic carbocycles. The standard InChI is InChI=1S/C12H19BrN4/c1-3-14-11-10(13)12(16-7-15-11)17-9-5-4-8(2)6-9/h7-9H,3-6H2,1-2H3,(H2,14,15,16,17). The second-order valence-electron chi connectivity index (χ2n) is 4.67. The average Bonchev–Trinajstić information content (AvgIpc) is 2.70. The summed E-state index contributed by atoms with van der Waals surface area (Å²) in [7, 11) is 0. The van der Waals surface area contributed by atoms with Crippen molar-refractivity contribution >= 4 is 27.6 Å². The number of nitrogens with one attached hydrogen (secondary N) is 2. The van der Waals surface area contributed by atoms with Gasteiger partial charge in [0, 0.05) is 12.6 Å².